The van der Waals surface area contributed by atoms with Crippen molar-refractivity contribution in [3.05, 3.63) is 70.7 Å². The van der Waals surface area contributed by atoms with Crippen LogP contribution in [0.3, 0.4) is 0 Å². The molecule has 1 heterocycles. The monoisotopic (exact) mass is 498 g/mol. The lowest BCUT2D eigenvalue weighted by atomic mass is 10.1. The van der Waals surface area contributed by atoms with Gasteiger partial charge in [0, 0.05) is 37.2 Å². The highest BCUT2D eigenvalue weighted by atomic mass is 79.9. The first-order valence-corrected chi connectivity index (χ1v) is 11.9. The van der Waals surface area contributed by atoms with Crippen LogP contribution in [0.25, 0.3) is 6.08 Å². The zero-order chi connectivity index (χ0) is 22.8. The average molecular weight is 499 g/mol. The van der Waals surface area contributed by atoms with Crippen molar-refractivity contribution >= 4 is 39.6 Å². The second kappa shape index (κ2) is 12.4. The number of amides is 3. The fourth-order valence-electron chi connectivity index (χ4n) is 3.70. The molecule has 170 valence electrons. The van der Waals surface area contributed by atoms with E-state index in [1.807, 2.05) is 54.3 Å². The minimum atomic E-state index is -0.521. The van der Waals surface area contributed by atoms with E-state index >= 15 is 0 Å². The van der Waals surface area contributed by atoms with Gasteiger partial charge in [-0.25, -0.2) is 4.79 Å². The third-order valence-corrected chi connectivity index (χ3v) is 6.15. The van der Waals surface area contributed by atoms with Gasteiger partial charge >= 0.3 is 6.03 Å². The summed E-state index contributed by atoms with van der Waals surface area (Å²) in [6.07, 6.45) is 5.72. The van der Waals surface area contributed by atoms with E-state index in [0.717, 1.165) is 30.5 Å². The Balaban J connectivity index is 1.48. The van der Waals surface area contributed by atoms with Crippen molar-refractivity contribution in [3.8, 4) is 0 Å². The predicted octanol–water partition coefficient (Wildman–Crippen LogP) is 4.60. The summed E-state index contributed by atoms with van der Waals surface area (Å²) in [5.74, 6) is -0.00592. The van der Waals surface area contributed by atoms with E-state index in [-0.39, 0.29) is 11.9 Å². The molecule has 3 rings (SSSR count). The summed E-state index contributed by atoms with van der Waals surface area (Å²) in [4.78, 5) is 29.8. The van der Waals surface area contributed by atoms with Gasteiger partial charge in [-0.1, -0.05) is 68.0 Å². The number of hydrogen-bond acceptors (Lipinski definition) is 3. The van der Waals surface area contributed by atoms with Crippen molar-refractivity contribution in [3.63, 3.8) is 0 Å². The van der Waals surface area contributed by atoms with Gasteiger partial charge in [0.2, 0.25) is 5.91 Å². The smallest absolute Gasteiger partial charge is 0.319 e. The highest BCUT2D eigenvalue weighted by Crippen LogP contribution is 2.21. The minimum Gasteiger partial charge on any atom is -0.338 e. The molecule has 1 aliphatic rings. The predicted molar refractivity (Wildman–Crippen MR) is 133 cm³/mol. The largest absolute Gasteiger partial charge is 0.338 e. The van der Waals surface area contributed by atoms with Gasteiger partial charge in [0.1, 0.15) is 6.04 Å². The number of urea groups is 1. The molecule has 1 atom stereocenters. The van der Waals surface area contributed by atoms with Crippen LogP contribution in [0, 0.1) is 0 Å². The van der Waals surface area contributed by atoms with Crippen LogP contribution in [0.15, 0.2) is 65.1 Å². The SMILES string of the molecule is CCCC(NC(=O)Nc1ccccc1Br)C(=O)N1CCN(C/C=C/c2ccccc2)CC1. The van der Waals surface area contributed by atoms with Crippen LogP contribution in [0.2, 0.25) is 0 Å². The lowest BCUT2D eigenvalue weighted by Gasteiger charge is -2.36. The molecule has 3 amide bonds. The zero-order valence-corrected chi connectivity index (χ0v) is 20.1. The molecule has 1 saturated heterocycles. The first-order valence-electron chi connectivity index (χ1n) is 11.1. The summed E-state index contributed by atoms with van der Waals surface area (Å²) < 4.78 is 0.797. The molecule has 0 saturated carbocycles. The Hall–Kier alpha value is -2.64. The molecule has 1 aliphatic heterocycles. The van der Waals surface area contributed by atoms with Crippen LogP contribution in [0.1, 0.15) is 25.3 Å². The molecule has 1 fully saturated rings. The van der Waals surface area contributed by atoms with E-state index in [2.05, 4.69) is 55.7 Å². The van der Waals surface area contributed by atoms with Crippen molar-refractivity contribution < 1.29 is 9.59 Å². The topological polar surface area (TPSA) is 64.7 Å². The number of nitrogens with zero attached hydrogens (tertiary/aromatic N) is 2. The van der Waals surface area contributed by atoms with Crippen LogP contribution in [0.4, 0.5) is 10.5 Å². The number of nitrogens with one attached hydrogen (secondary N) is 2. The number of carbonyl (C=O) groups is 2. The number of rotatable bonds is 8. The van der Waals surface area contributed by atoms with Gasteiger partial charge in [0.05, 0.1) is 5.69 Å². The van der Waals surface area contributed by atoms with Gasteiger partial charge in [0.15, 0.2) is 0 Å². The molecule has 1 unspecified atom stereocenters. The summed E-state index contributed by atoms with van der Waals surface area (Å²) >= 11 is 3.42. The van der Waals surface area contributed by atoms with Gasteiger partial charge in [0.25, 0.3) is 0 Å². The minimum absolute atomic E-state index is 0.00592. The average Bonchev–Trinajstić information content (AvgIpc) is 2.81. The van der Waals surface area contributed by atoms with Crippen molar-refractivity contribution in [2.24, 2.45) is 0 Å². The molecule has 32 heavy (non-hydrogen) atoms. The molecule has 7 heteroatoms. The lowest BCUT2D eigenvalue weighted by molar-refractivity contribution is -0.135. The highest BCUT2D eigenvalue weighted by molar-refractivity contribution is 9.10. The molecule has 2 aromatic carbocycles. The van der Waals surface area contributed by atoms with Gasteiger partial charge in [-0.3, -0.25) is 9.69 Å². The van der Waals surface area contributed by atoms with Crippen LogP contribution in [-0.2, 0) is 4.79 Å². The molecule has 0 spiro atoms. The van der Waals surface area contributed by atoms with Crippen LogP contribution < -0.4 is 10.6 Å². The number of halogens is 1. The molecule has 2 N–H and O–H groups in total. The third kappa shape index (κ3) is 7.21. The van der Waals surface area contributed by atoms with Gasteiger partial charge in [-0.2, -0.15) is 0 Å². The fraction of sp³-hybridized carbons (Fsp3) is 0.360. The van der Waals surface area contributed by atoms with E-state index in [4.69, 9.17) is 0 Å². The molecule has 6 nitrogen and oxygen atoms in total. The highest BCUT2D eigenvalue weighted by Gasteiger charge is 2.28. The Morgan fingerprint density at radius 1 is 1.03 bits per heavy atom. The first-order chi connectivity index (χ1) is 15.6. The summed E-state index contributed by atoms with van der Waals surface area (Å²) in [6, 6.07) is 16.8. The molecular formula is C25H31BrN4O2. The van der Waals surface area contributed by atoms with Crippen molar-refractivity contribution in [1.29, 1.82) is 0 Å². The van der Waals surface area contributed by atoms with Gasteiger partial charge in [-0.15, -0.1) is 0 Å². The molecule has 0 aromatic heterocycles. The van der Waals surface area contributed by atoms with Crippen LogP contribution in [0.5, 0.6) is 0 Å². The molecule has 2 aromatic rings. The Morgan fingerprint density at radius 2 is 1.72 bits per heavy atom. The Morgan fingerprint density at radius 3 is 2.41 bits per heavy atom. The van der Waals surface area contributed by atoms with E-state index in [1.54, 1.807) is 0 Å². The Labute approximate surface area is 198 Å². The molecule has 0 radical (unpaired) electrons. The summed E-state index contributed by atoms with van der Waals surface area (Å²) in [5, 5.41) is 5.68. The van der Waals surface area contributed by atoms with E-state index in [0.29, 0.717) is 25.2 Å². The number of hydrogen-bond donors (Lipinski definition) is 2. The van der Waals surface area contributed by atoms with Crippen molar-refractivity contribution in [2.75, 3.05) is 38.0 Å². The Kier molecular flexibility index (Phi) is 9.31. The maximum Gasteiger partial charge on any atom is 0.319 e. The zero-order valence-electron chi connectivity index (χ0n) is 18.5. The molecule has 0 aliphatic carbocycles. The van der Waals surface area contributed by atoms with Gasteiger partial charge in [-0.05, 0) is 40.0 Å². The van der Waals surface area contributed by atoms with E-state index in [9.17, 15) is 9.59 Å². The lowest BCUT2D eigenvalue weighted by Crippen LogP contribution is -2.55. The molecular weight excluding hydrogens is 468 g/mol. The number of carbonyl (C=O) groups excluding carboxylic acids is 2. The quantitative estimate of drug-likeness (QED) is 0.558. The normalized spacial score (nSPS) is 15.5. The Bertz CT molecular complexity index is 911. The van der Waals surface area contributed by atoms with Crippen LogP contribution in [-0.4, -0.2) is 60.5 Å². The second-order valence-corrected chi connectivity index (χ2v) is 8.71. The number of piperazine rings is 1. The summed E-state index contributed by atoms with van der Waals surface area (Å²) in [7, 11) is 0. The second-order valence-electron chi connectivity index (χ2n) is 7.86. The number of benzene rings is 2. The maximum absolute atomic E-state index is 13.1. The number of anilines is 1. The van der Waals surface area contributed by atoms with Crippen molar-refractivity contribution in [1.82, 2.24) is 15.1 Å². The van der Waals surface area contributed by atoms with Crippen LogP contribution >= 0.6 is 15.9 Å². The fourth-order valence-corrected chi connectivity index (χ4v) is 4.08. The van der Waals surface area contributed by atoms with E-state index < -0.39 is 6.04 Å². The molecule has 0 bridgehead atoms. The van der Waals surface area contributed by atoms with Crippen molar-refractivity contribution in [2.45, 2.75) is 25.8 Å². The third-order valence-electron chi connectivity index (χ3n) is 5.46. The standard InChI is InChI=1S/C25H31BrN4O2/c1-2-9-23(28-25(32)27-22-14-7-6-13-21(22)26)24(31)30-18-16-29(17-19-30)15-8-12-20-10-4-3-5-11-20/h3-8,10-14,23H,2,9,15-19H2,1H3,(H2,27,28,32)/b12-8+. The van der Waals surface area contributed by atoms with Gasteiger partial charge < -0.3 is 15.5 Å². The van der Waals surface area contributed by atoms with E-state index in [1.165, 1.54) is 5.56 Å². The number of para-hydroxylation sites is 1. The summed E-state index contributed by atoms with van der Waals surface area (Å²) in [6.45, 7) is 5.88. The maximum atomic E-state index is 13.1. The first kappa shape index (κ1) is 24.0. The summed E-state index contributed by atoms with van der Waals surface area (Å²) in [5.41, 5.74) is 1.86.